The minimum Gasteiger partial charge on any atom is -0.0683 e. The number of aryl methyl sites for hydroxylation is 4. The molecule has 5 rings (SSSR count). The van der Waals surface area contributed by atoms with Crippen molar-refractivity contribution in [3.8, 4) is 0 Å². The van der Waals surface area contributed by atoms with Gasteiger partial charge >= 0.3 is 0 Å². The minimum atomic E-state index is 1.32. The molecule has 0 atom stereocenters. The zero-order valence-corrected chi connectivity index (χ0v) is 25.7. The van der Waals surface area contributed by atoms with E-state index in [0.717, 1.165) is 0 Å². The van der Waals surface area contributed by atoms with Crippen molar-refractivity contribution in [2.45, 2.75) is 69.2 Å². The van der Waals surface area contributed by atoms with Crippen LogP contribution in [0.1, 0.15) is 63.8 Å². The molecule has 0 aliphatic carbocycles. The lowest BCUT2D eigenvalue weighted by molar-refractivity contribution is 1.48. The van der Waals surface area contributed by atoms with Gasteiger partial charge in [-0.3, -0.25) is 0 Å². The van der Waals surface area contributed by atoms with Crippen LogP contribution in [-0.4, -0.2) is 0 Å². The molecule has 5 aromatic carbocycles. The summed E-state index contributed by atoms with van der Waals surface area (Å²) in [5, 5.41) is 2.68. The lowest BCUT2D eigenvalue weighted by Crippen LogP contribution is -1.75. The van der Waals surface area contributed by atoms with Crippen LogP contribution in [0.25, 0.3) is 10.8 Å². The van der Waals surface area contributed by atoms with Crippen molar-refractivity contribution in [3.05, 3.63) is 156 Å². The van der Waals surface area contributed by atoms with E-state index in [1.807, 2.05) is 96.1 Å². The first-order valence-corrected chi connectivity index (χ1v) is 14.1. The Balaban J connectivity index is 0. The molecular formula is C38H52. The maximum atomic E-state index is 2.16. The van der Waals surface area contributed by atoms with Crippen molar-refractivity contribution in [3.63, 3.8) is 0 Å². The molecule has 0 fully saturated rings. The summed E-state index contributed by atoms with van der Waals surface area (Å²) >= 11 is 0. The van der Waals surface area contributed by atoms with Crippen molar-refractivity contribution in [2.24, 2.45) is 0 Å². The fourth-order valence-corrected chi connectivity index (χ4v) is 2.99. The van der Waals surface area contributed by atoms with Crippen LogP contribution < -0.4 is 0 Å². The smallest absolute Gasteiger partial charge is 0.0155 e. The first-order valence-electron chi connectivity index (χ1n) is 14.1. The maximum Gasteiger partial charge on any atom is -0.0155 e. The van der Waals surface area contributed by atoms with Crippen LogP contribution in [0.3, 0.4) is 0 Å². The molecule has 0 bridgehead atoms. The van der Waals surface area contributed by atoms with Crippen molar-refractivity contribution in [2.75, 3.05) is 0 Å². The zero-order chi connectivity index (χ0) is 29.0. The third kappa shape index (κ3) is 18.6. The number of fused-ring (bicyclic) bond motifs is 1. The monoisotopic (exact) mass is 508 g/mol. The van der Waals surface area contributed by atoms with Crippen molar-refractivity contribution in [1.82, 2.24) is 0 Å². The Bertz CT molecular complexity index is 1030. The van der Waals surface area contributed by atoms with E-state index in [1.54, 1.807) is 0 Å². The summed E-state index contributed by atoms with van der Waals surface area (Å²) in [6.45, 7) is 20.4. The lowest BCUT2D eigenvalue weighted by atomic mass is 10.1. The molecular weight excluding hydrogens is 456 g/mol. The van der Waals surface area contributed by atoms with Gasteiger partial charge in [-0.15, -0.1) is 0 Å². The molecule has 0 heterocycles. The summed E-state index contributed by atoms with van der Waals surface area (Å²) in [7, 11) is 0. The first kappa shape index (κ1) is 36.5. The Morgan fingerprint density at radius 1 is 0.289 bits per heavy atom. The van der Waals surface area contributed by atoms with Crippen molar-refractivity contribution >= 4 is 10.8 Å². The second-order valence-corrected chi connectivity index (χ2v) is 7.76. The van der Waals surface area contributed by atoms with Gasteiger partial charge in [0.25, 0.3) is 0 Å². The number of hydrogen-bond acceptors (Lipinski definition) is 0. The Kier molecular flexibility index (Phi) is 25.4. The molecule has 0 nitrogen and oxygen atoms in total. The Morgan fingerprint density at radius 2 is 0.579 bits per heavy atom. The highest BCUT2D eigenvalue weighted by Crippen LogP contribution is 2.16. The molecule has 0 spiro atoms. The van der Waals surface area contributed by atoms with Crippen molar-refractivity contribution in [1.29, 1.82) is 0 Å². The topological polar surface area (TPSA) is 0 Å². The third-order valence-corrected chi connectivity index (χ3v) is 4.83. The third-order valence-electron chi connectivity index (χ3n) is 4.83. The van der Waals surface area contributed by atoms with E-state index < -0.39 is 0 Å². The average Bonchev–Trinajstić information content (AvgIpc) is 2.99. The molecule has 204 valence electrons. The molecule has 0 heteroatoms. The van der Waals surface area contributed by atoms with Gasteiger partial charge in [-0.2, -0.15) is 0 Å². The molecule has 0 aliphatic rings. The summed E-state index contributed by atoms with van der Waals surface area (Å²) in [6, 6.07) is 45.6. The highest BCUT2D eigenvalue weighted by molar-refractivity contribution is 5.85. The van der Waals surface area contributed by atoms with E-state index in [-0.39, 0.29) is 0 Å². The predicted molar refractivity (Wildman–Crippen MR) is 176 cm³/mol. The second-order valence-electron chi connectivity index (χ2n) is 7.76. The van der Waals surface area contributed by atoms with Gasteiger partial charge in [0.05, 0.1) is 0 Å². The minimum absolute atomic E-state index is 1.32. The highest BCUT2D eigenvalue weighted by atomic mass is 14.0. The summed E-state index contributed by atoms with van der Waals surface area (Å²) in [5.41, 5.74) is 5.32. The van der Waals surface area contributed by atoms with Crippen molar-refractivity contribution < 1.29 is 0 Å². The first-order chi connectivity index (χ1) is 18.6. The maximum absolute atomic E-state index is 2.16. The van der Waals surface area contributed by atoms with E-state index >= 15 is 0 Å². The standard InChI is InChI=1S/C11H10.3C7H8.3C2H6/c1-9-5-4-7-10-6-2-3-8-11(9)10;3*1-7-5-3-2-4-6-7;3*1-2/h2-8H,1H3;3*2-6H,1H3;3*1-2H3. The van der Waals surface area contributed by atoms with Gasteiger partial charge in [-0.25, -0.2) is 0 Å². The van der Waals surface area contributed by atoms with Crippen LogP contribution in [0.4, 0.5) is 0 Å². The predicted octanol–water partition coefficient (Wildman–Crippen LogP) is 12.2. The zero-order valence-electron chi connectivity index (χ0n) is 25.7. The Hall–Kier alpha value is -3.64. The van der Waals surface area contributed by atoms with Gasteiger partial charge in [0.1, 0.15) is 0 Å². The number of hydrogen-bond donors (Lipinski definition) is 0. The Morgan fingerprint density at radius 3 is 0.868 bits per heavy atom. The van der Waals surface area contributed by atoms with Crippen LogP contribution in [0, 0.1) is 27.7 Å². The highest BCUT2D eigenvalue weighted by Gasteiger charge is 1.92. The van der Waals surface area contributed by atoms with Crippen LogP contribution >= 0.6 is 0 Å². The van der Waals surface area contributed by atoms with Gasteiger partial charge in [0.15, 0.2) is 0 Å². The molecule has 0 saturated carbocycles. The molecule has 0 aromatic heterocycles. The molecule has 0 N–H and O–H groups in total. The van der Waals surface area contributed by atoms with E-state index in [9.17, 15) is 0 Å². The molecule has 5 aromatic rings. The van der Waals surface area contributed by atoms with Crippen LogP contribution in [0.15, 0.2) is 133 Å². The largest absolute Gasteiger partial charge is 0.0683 e. The summed E-state index contributed by atoms with van der Waals surface area (Å²) in [6.07, 6.45) is 0. The molecule has 0 aliphatic heterocycles. The normalized spacial score (nSPS) is 8.26. The van der Waals surface area contributed by atoms with Gasteiger partial charge < -0.3 is 0 Å². The number of benzene rings is 5. The van der Waals surface area contributed by atoms with Crippen LogP contribution in [0.2, 0.25) is 0 Å². The van der Waals surface area contributed by atoms with E-state index in [4.69, 9.17) is 0 Å². The van der Waals surface area contributed by atoms with Crippen LogP contribution in [-0.2, 0) is 0 Å². The van der Waals surface area contributed by atoms with Gasteiger partial charge in [-0.1, -0.05) is 192 Å². The summed E-state index contributed by atoms with van der Waals surface area (Å²) in [5.74, 6) is 0. The Labute approximate surface area is 235 Å². The molecule has 0 saturated heterocycles. The lowest BCUT2D eigenvalue weighted by Gasteiger charge is -1.98. The summed E-state index contributed by atoms with van der Waals surface area (Å²) < 4.78 is 0. The molecule has 0 unspecified atom stereocenters. The second kappa shape index (κ2) is 26.4. The van der Waals surface area contributed by atoms with Gasteiger partial charge in [0, 0.05) is 0 Å². The number of rotatable bonds is 0. The van der Waals surface area contributed by atoms with E-state index in [2.05, 4.69) is 107 Å². The molecule has 0 radical (unpaired) electrons. The van der Waals surface area contributed by atoms with Crippen LogP contribution in [0.5, 0.6) is 0 Å². The molecule has 38 heavy (non-hydrogen) atoms. The average molecular weight is 509 g/mol. The summed E-state index contributed by atoms with van der Waals surface area (Å²) in [4.78, 5) is 0. The fourth-order valence-electron chi connectivity index (χ4n) is 2.99. The van der Waals surface area contributed by atoms with Gasteiger partial charge in [0.2, 0.25) is 0 Å². The molecule has 0 amide bonds. The van der Waals surface area contributed by atoms with E-state index in [0.29, 0.717) is 0 Å². The van der Waals surface area contributed by atoms with E-state index in [1.165, 1.54) is 33.0 Å². The quantitative estimate of drug-likeness (QED) is 0.195. The van der Waals surface area contributed by atoms with Gasteiger partial charge in [-0.05, 0) is 44.0 Å². The fraction of sp³-hybridized carbons (Fsp3) is 0.263. The SMILES string of the molecule is CC.CC.CC.Cc1cccc2ccccc12.Cc1ccccc1.Cc1ccccc1.Cc1ccccc1.